The summed E-state index contributed by atoms with van der Waals surface area (Å²) in [6, 6.07) is 2.50. The lowest BCUT2D eigenvalue weighted by molar-refractivity contribution is -0.143. The third kappa shape index (κ3) is 4.53. The van der Waals surface area contributed by atoms with Crippen molar-refractivity contribution < 1.29 is 14.7 Å². The van der Waals surface area contributed by atoms with Gasteiger partial charge in [-0.05, 0) is 25.0 Å². The van der Waals surface area contributed by atoms with Crippen LogP contribution in [0.25, 0.3) is 11.4 Å². The number of aliphatic carboxylic acids is 1. The first kappa shape index (κ1) is 19.3. The Morgan fingerprint density at radius 1 is 1.38 bits per heavy atom. The highest BCUT2D eigenvalue weighted by molar-refractivity contribution is 5.85. The van der Waals surface area contributed by atoms with E-state index in [0.717, 1.165) is 0 Å². The van der Waals surface area contributed by atoms with Crippen molar-refractivity contribution in [3.63, 3.8) is 0 Å². The van der Waals surface area contributed by atoms with Gasteiger partial charge in [-0.3, -0.25) is 14.6 Å². The summed E-state index contributed by atoms with van der Waals surface area (Å²) in [7, 11) is 0. The van der Waals surface area contributed by atoms with Crippen molar-refractivity contribution in [3.8, 4) is 11.4 Å². The number of nitrogens with zero attached hydrogens (tertiary/aromatic N) is 2. The third-order valence-corrected chi connectivity index (χ3v) is 4.29. The molecule has 0 saturated heterocycles. The smallest absolute Gasteiger partial charge is 0.326 e. The van der Waals surface area contributed by atoms with Crippen LogP contribution in [-0.4, -0.2) is 38.0 Å². The first-order valence-electron chi connectivity index (χ1n) is 8.35. The van der Waals surface area contributed by atoms with Crippen molar-refractivity contribution in [2.45, 2.75) is 39.7 Å². The van der Waals surface area contributed by atoms with Gasteiger partial charge in [0.25, 0.3) is 5.56 Å². The van der Waals surface area contributed by atoms with Crippen LogP contribution in [0.5, 0.6) is 0 Å². The molecular formula is C18H22N4O4. The number of hydrogen-bond acceptors (Lipinski definition) is 5. The second-order valence-electron chi connectivity index (χ2n) is 6.17. The number of aromatic nitrogens is 3. The van der Waals surface area contributed by atoms with Gasteiger partial charge >= 0.3 is 5.97 Å². The lowest BCUT2D eigenvalue weighted by atomic mass is 9.99. The molecule has 0 aromatic carbocycles. The van der Waals surface area contributed by atoms with E-state index in [1.54, 1.807) is 38.4 Å². The van der Waals surface area contributed by atoms with Crippen LogP contribution < -0.4 is 10.9 Å². The van der Waals surface area contributed by atoms with Gasteiger partial charge in [0.1, 0.15) is 11.9 Å². The molecule has 0 aliphatic rings. The van der Waals surface area contributed by atoms with E-state index in [-0.39, 0.29) is 17.9 Å². The molecule has 2 atom stereocenters. The minimum Gasteiger partial charge on any atom is -0.480 e. The normalized spacial score (nSPS) is 13.0. The molecular weight excluding hydrogens is 336 g/mol. The summed E-state index contributed by atoms with van der Waals surface area (Å²) in [5, 5.41) is 11.7. The molecule has 0 bridgehead atoms. The predicted octanol–water partition coefficient (Wildman–Crippen LogP) is 1.30. The van der Waals surface area contributed by atoms with Crippen molar-refractivity contribution in [1.82, 2.24) is 20.3 Å². The van der Waals surface area contributed by atoms with Crippen LogP contribution in [0, 0.1) is 12.8 Å². The van der Waals surface area contributed by atoms with E-state index in [4.69, 9.17) is 0 Å². The minimum atomic E-state index is -1.09. The Bertz CT molecular complexity index is 848. The zero-order valence-electron chi connectivity index (χ0n) is 14.9. The molecule has 8 nitrogen and oxygen atoms in total. The molecule has 26 heavy (non-hydrogen) atoms. The number of carboxylic acids is 1. The molecule has 0 aliphatic carbocycles. The Labute approximate surface area is 150 Å². The zero-order valence-corrected chi connectivity index (χ0v) is 14.9. The molecule has 3 N–H and O–H groups in total. The van der Waals surface area contributed by atoms with Crippen LogP contribution in [-0.2, 0) is 16.0 Å². The highest BCUT2D eigenvalue weighted by Gasteiger charge is 2.26. The van der Waals surface area contributed by atoms with Gasteiger partial charge in [0, 0.05) is 29.2 Å². The molecule has 1 amide bonds. The number of rotatable bonds is 7. The first-order valence-corrected chi connectivity index (χ1v) is 8.35. The lowest BCUT2D eigenvalue weighted by Gasteiger charge is -2.20. The molecule has 0 unspecified atom stereocenters. The Morgan fingerprint density at radius 3 is 2.65 bits per heavy atom. The number of pyridine rings is 1. The number of aryl methyl sites for hydroxylation is 1. The fourth-order valence-electron chi connectivity index (χ4n) is 2.53. The summed E-state index contributed by atoms with van der Waals surface area (Å²) in [5.41, 5.74) is 0.856. The highest BCUT2D eigenvalue weighted by Crippen LogP contribution is 2.13. The number of carboxylic acid groups (broad SMARTS) is 1. The Morgan fingerprint density at radius 2 is 2.12 bits per heavy atom. The Kier molecular flexibility index (Phi) is 6.21. The van der Waals surface area contributed by atoms with Crippen molar-refractivity contribution in [2.24, 2.45) is 5.92 Å². The minimum absolute atomic E-state index is 0.212. The zero-order chi connectivity index (χ0) is 19.3. The maximum Gasteiger partial charge on any atom is 0.326 e. The van der Waals surface area contributed by atoms with Gasteiger partial charge in [0.2, 0.25) is 5.91 Å². The van der Waals surface area contributed by atoms with E-state index in [9.17, 15) is 19.5 Å². The number of hydrogen-bond donors (Lipinski definition) is 3. The van der Waals surface area contributed by atoms with Crippen LogP contribution in [0.4, 0.5) is 0 Å². The van der Waals surface area contributed by atoms with Gasteiger partial charge in [-0.2, -0.15) is 0 Å². The average molecular weight is 358 g/mol. The number of aromatic amines is 1. The highest BCUT2D eigenvalue weighted by atomic mass is 16.4. The molecule has 138 valence electrons. The van der Waals surface area contributed by atoms with Crippen LogP contribution in [0.2, 0.25) is 0 Å². The molecule has 2 heterocycles. The van der Waals surface area contributed by atoms with Gasteiger partial charge in [-0.25, -0.2) is 9.78 Å². The van der Waals surface area contributed by atoms with Crippen LogP contribution in [0.1, 0.15) is 31.5 Å². The molecule has 0 fully saturated rings. The van der Waals surface area contributed by atoms with Crippen molar-refractivity contribution in [2.75, 3.05) is 0 Å². The Balaban J connectivity index is 2.20. The molecule has 0 radical (unpaired) electrons. The fraction of sp³-hybridized carbons (Fsp3) is 0.389. The second kappa shape index (κ2) is 8.37. The van der Waals surface area contributed by atoms with Gasteiger partial charge in [0.15, 0.2) is 0 Å². The van der Waals surface area contributed by atoms with E-state index in [2.05, 4.69) is 20.3 Å². The number of H-pyrrole nitrogens is 1. The third-order valence-electron chi connectivity index (χ3n) is 4.29. The molecule has 2 aromatic rings. The second-order valence-corrected chi connectivity index (χ2v) is 6.17. The summed E-state index contributed by atoms with van der Waals surface area (Å²) in [4.78, 5) is 46.9. The quantitative estimate of drug-likeness (QED) is 0.685. The summed E-state index contributed by atoms with van der Waals surface area (Å²) in [6.07, 6.45) is 3.57. The Hall–Kier alpha value is -3.03. The average Bonchev–Trinajstić information content (AvgIpc) is 2.62. The van der Waals surface area contributed by atoms with E-state index >= 15 is 0 Å². The van der Waals surface area contributed by atoms with Crippen molar-refractivity contribution in [3.05, 3.63) is 46.1 Å². The van der Waals surface area contributed by atoms with Crippen LogP contribution >= 0.6 is 0 Å². The number of carbonyl (C=O) groups excluding carboxylic acids is 1. The standard InChI is InChI=1S/C18H22N4O4/c1-4-10(2)15(18(25)26)21-14(23)8-13-11(3)20-16(22-17(13)24)12-6-5-7-19-9-12/h5-7,9-10,15H,4,8H2,1-3H3,(H,21,23)(H,25,26)(H,20,22,24)/t10-,15-/m0/s1. The molecule has 0 aliphatic heterocycles. The van der Waals surface area contributed by atoms with E-state index in [0.29, 0.717) is 23.5 Å². The maximum atomic E-state index is 12.4. The molecule has 0 saturated carbocycles. The largest absolute Gasteiger partial charge is 0.480 e. The summed E-state index contributed by atoms with van der Waals surface area (Å²) < 4.78 is 0. The number of nitrogens with one attached hydrogen (secondary N) is 2. The van der Waals surface area contributed by atoms with E-state index in [1.807, 2.05) is 6.92 Å². The van der Waals surface area contributed by atoms with Crippen molar-refractivity contribution in [1.29, 1.82) is 0 Å². The number of amides is 1. The molecule has 8 heteroatoms. The van der Waals surface area contributed by atoms with E-state index in [1.165, 1.54) is 0 Å². The van der Waals surface area contributed by atoms with Crippen LogP contribution in [0.15, 0.2) is 29.3 Å². The van der Waals surface area contributed by atoms with Crippen molar-refractivity contribution >= 4 is 11.9 Å². The van der Waals surface area contributed by atoms with Crippen LogP contribution in [0.3, 0.4) is 0 Å². The maximum absolute atomic E-state index is 12.4. The first-order chi connectivity index (χ1) is 12.3. The summed E-state index contributed by atoms with van der Waals surface area (Å²) in [5.74, 6) is -1.47. The molecule has 0 spiro atoms. The molecule has 2 aromatic heterocycles. The SMILES string of the molecule is CC[C@H](C)[C@H](NC(=O)Cc1c(C)nc(-c2cccnc2)[nH]c1=O)C(=O)O. The molecule has 2 rings (SSSR count). The summed E-state index contributed by atoms with van der Waals surface area (Å²) >= 11 is 0. The van der Waals surface area contributed by atoms with Gasteiger partial charge in [-0.15, -0.1) is 0 Å². The van der Waals surface area contributed by atoms with E-state index < -0.39 is 23.5 Å². The van der Waals surface area contributed by atoms with Gasteiger partial charge in [-0.1, -0.05) is 20.3 Å². The lowest BCUT2D eigenvalue weighted by Crippen LogP contribution is -2.46. The topological polar surface area (TPSA) is 125 Å². The van der Waals surface area contributed by atoms with Gasteiger partial charge < -0.3 is 15.4 Å². The fourth-order valence-corrected chi connectivity index (χ4v) is 2.53. The number of carbonyl (C=O) groups is 2. The predicted molar refractivity (Wildman–Crippen MR) is 95.6 cm³/mol. The monoisotopic (exact) mass is 358 g/mol. The van der Waals surface area contributed by atoms with Gasteiger partial charge in [0.05, 0.1) is 6.42 Å². The summed E-state index contributed by atoms with van der Waals surface area (Å²) in [6.45, 7) is 5.24.